The second kappa shape index (κ2) is 8.07. The standard InChI is InChI=1S/C20H25N5O2/c1-20(2,3)17-12-22-18(26-17)13-24-19(21-4)23-11-15-10-16(27-25-15)14-8-6-5-7-9-14/h5-10,12H,11,13H2,1-4H3,(H2,21,23,24). The number of nitrogens with one attached hydrogen (secondary N) is 2. The monoisotopic (exact) mass is 367 g/mol. The smallest absolute Gasteiger partial charge is 0.213 e. The molecule has 7 heteroatoms. The normalized spacial score (nSPS) is 12.2. The van der Waals surface area contributed by atoms with Crippen LogP contribution in [0.3, 0.4) is 0 Å². The van der Waals surface area contributed by atoms with E-state index in [1.54, 1.807) is 13.2 Å². The minimum atomic E-state index is -0.0609. The Hall–Kier alpha value is -3.09. The number of benzene rings is 1. The predicted molar refractivity (Wildman–Crippen MR) is 104 cm³/mol. The van der Waals surface area contributed by atoms with Crippen LogP contribution >= 0.6 is 0 Å². The van der Waals surface area contributed by atoms with E-state index in [0.717, 1.165) is 22.8 Å². The Morgan fingerprint density at radius 1 is 1.11 bits per heavy atom. The van der Waals surface area contributed by atoms with Crippen molar-refractivity contribution in [3.8, 4) is 11.3 Å². The number of aromatic nitrogens is 2. The van der Waals surface area contributed by atoms with E-state index in [4.69, 9.17) is 8.94 Å². The van der Waals surface area contributed by atoms with Crippen LogP contribution in [0.15, 0.2) is 56.5 Å². The first-order valence-electron chi connectivity index (χ1n) is 8.86. The molecule has 0 saturated carbocycles. The lowest BCUT2D eigenvalue weighted by atomic mass is 9.94. The Morgan fingerprint density at radius 3 is 2.52 bits per heavy atom. The predicted octanol–water partition coefficient (Wildman–Crippen LogP) is 3.49. The number of nitrogens with zero attached hydrogens (tertiary/aromatic N) is 3. The summed E-state index contributed by atoms with van der Waals surface area (Å²) in [7, 11) is 1.71. The highest BCUT2D eigenvalue weighted by molar-refractivity contribution is 5.79. The number of guanidine groups is 1. The van der Waals surface area contributed by atoms with E-state index in [-0.39, 0.29) is 5.41 Å². The summed E-state index contributed by atoms with van der Waals surface area (Å²) in [4.78, 5) is 8.51. The molecule has 3 aromatic rings. The van der Waals surface area contributed by atoms with Crippen LogP contribution in [0, 0.1) is 0 Å². The van der Waals surface area contributed by atoms with Crippen molar-refractivity contribution in [3.05, 3.63) is 59.9 Å². The van der Waals surface area contributed by atoms with Crippen molar-refractivity contribution in [1.82, 2.24) is 20.8 Å². The molecule has 0 aliphatic heterocycles. The van der Waals surface area contributed by atoms with Gasteiger partial charge in [-0.15, -0.1) is 0 Å². The molecule has 2 N–H and O–H groups in total. The summed E-state index contributed by atoms with van der Waals surface area (Å²) in [5.74, 6) is 2.86. The second-order valence-corrected chi connectivity index (χ2v) is 7.20. The third-order valence-corrected chi connectivity index (χ3v) is 3.98. The van der Waals surface area contributed by atoms with E-state index in [1.807, 2.05) is 36.4 Å². The molecule has 2 heterocycles. The molecule has 0 fully saturated rings. The average molecular weight is 367 g/mol. The van der Waals surface area contributed by atoms with Crippen molar-refractivity contribution in [2.45, 2.75) is 39.3 Å². The molecule has 0 radical (unpaired) electrons. The molecule has 2 aromatic heterocycles. The Kier molecular flexibility index (Phi) is 5.59. The third-order valence-electron chi connectivity index (χ3n) is 3.98. The lowest BCUT2D eigenvalue weighted by molar-refractivity contribution is 0.379. The zero-order valence-corrected chi connectivity index (χ0v) is 16.1. The van der Waals surface area contributed by atoms with Crippen LogP contribution in [-0.4, -0.2) is 23.1 Å². The van der Waals surface area contributed by atoms with Crippen LogP contribution in [-0.2, 0) is 18.5 Å². The summed E-state index contributed by atoms with van der Waals surface area (Å²) in [5.41, 5.74) is 1.73. The SMILES string of the molecule is CN=C(NCc1cc(-c2ccccc2)on1)NCc1ncc(C(C)(C)C)o1. The number of oxazole rings is 1. The van der Waals surface area contributed by atoms with Crippen molar-refractivity contribution in [2.24, 2.45) is 4.99 Å². The summed E-state index contributed by atoms with van der Waals surface area (Å²) in [5, 5.41) is 10.5. The summed E-state index contributed by atoms with van der Waals surface area (Å²) >= 11 is 0. The van der Waals surface area contributed by atoms with Gasteiger partial charge in [0.15, 0.2) is 11.7 Å². The van der Waals surface area contributed by atoms with E-state index < -0.39 is 0 Å². The van der Waals surface area contributed by atoms with Crippen molar-refractivity contribution >= 4 is 5.96 Å². The molecule has 0 aliphatic carbocycles. The molecule has 1 aromatic carbocycles. The van der Waals surface area contributed by atoms with Gasteiger partial charge in [-0.05, 0) is 0 Å². The maximum atomic E-state index is 5.77. The van der Waals surface area contributed by atoms with Crippen molar-refractivity contribution in [1.29, 1.82) is 0 Å². The van der Waals surface area contributed by atoms with E-state index in [2.05, 4.69) is 46.5 Å². The summed E-state index contributed by atoms with van der Waals surface area (Å²) in [6.07, 6.45) is 1.77. The van der Waals surface area contributed by atoms with Crippen LogP contribution in [0.25, 0.3) is 11.3 Å². The zero-order chi connectivity index (χ0) is 19.3. The van der Waals surface area contributed by atoms with Crippen LogP contribution in [0.2, 0.25) is 0 Å². The number of aliphatic imine (C=N–C) groups is 1. The Morgan fingerprint density at radius 2 is 1.85 bits per heavy atom. The molecule has 0 atom stereocenters. The fourth-order valence-corrected chi connectivity index (χ4v) is 2.43. The fourth-order valence-electron chi connectivity index (χ4n) is 2.43. The molecule has 27 heavy (non-hydrogen) atoms. The fraction of sp³-hybridized carbons (Fsp3) is 0.350. The first-order valence-corrected chi connectivity index (χ1v) is 8.86. The second-order valence-electron chi connectivity index (χ2n) is 7.20. The summed E-state index contributed by atoms with van der Waals surface area (Å²) in [6, 6.07) is 11.8. The lowest BCUT2D eigenvalue weighted by Gasteiger charge is -2.13. The maximum absolute atomic E-state index is 5.77. The molecule has 0 spiro atoms. The largest absolute Gasteiger partial charge is 0.443 e. The first kappa shape index (κ1) is 18.7. The van der Waals surface area contributed by atoms with E-state index in [9.17, 15) is 0 Å². The van der Waals surface area contributed by atoms with Gasteiger partial charge < -0.3 is 19.6 Å². The zero-order valence-electron chi connectivity index (χ0n) is 16.1. The quantitative estimate of drug-likeness (QED) is 0.530. The summed E-state index contributed by atoms with van der Waals surface area (Å²) < 4.78 is 11.2. The van der Waals surface area contributed by atoms with Gasteiger partial charge in [-0.3, -0.25) is 4.99 Å². The highest BCUT2D eigenvalue weighted by Crippen LogP contribution is 2.22. The molecule has 0 unspecified atom stereocenters. The molecule has 0 amide bonds. The maximum Gasteiger partial charge on any atom is 0.213 e. The molecule has 0 saturated heterocycles. The number of rotatable bonds is 5. The van der Waals surface area contributed by atoms with Crippen LogP contribution in [0.4, 0.5) is 0 Å². The molecule has 3 rings (SSSR count). The molecule has 142 valence electrons. The van der Waals surface area contributed by atoms with Crippen molar-refractivity contribution in [3.63, 3.8) is 0 Å². The molecular weight excluding hydrogens is 342 g/mol. The van der Waals surface area contributed by atoms with Gasteiger partial charge in [0.2, 0.25) is 5.89 Å². The molecular formula is C20H25N5O2. The van der Waals surface area contributed by atoms with Crippen molar-refractivity contribution < 1.29 is 8.94 Å². The topological polar surface area (TPSA) is 88.5 Å². The minimum absolute atomic E-state index is 0.0609. The number of hydrogen-bond donors (Lipinski definition) is 2. The Bertz CT molecular complexity index is 890. The van der Waals surface area contributed by atoms with Gasteiger partial charge in [0.05, 0.1) is 19.3 Å². The van der Waals surface area contributed by atoms with Crippen molar-refractivity contribution in [2.75, 3.05) is 7.05 Å². The van der Waals surface area contributed by atoms with Crippen LogP contribution in [0.1, 0.15) is 38.1 Å². The van der Waals surface area contributed by atoms with E-state index >= 15 is 0 Å². The van der Waals surface area contributed by atoms with Gasteiger partial charge in [-0.25, -0.2) is 4.98 Å². The molecule has 7 nitrogen and oxygen atoms in total. The highest BCUT2D eigenvalue weighted by atomic mass is 16.5. The van der Waals surface area contributed by atoms with Crippen LogP contribution in [0.5, 0.6) is 0 Å². The Labute approximate surface area is 158 Å². The highest BCUT2D eigenvalue weighted by Gasteiger charge is 2.19. The minimum Gasteiger partial charge on any atom is -0.443 e. The van der Waals surface area contributed by atoms with Gasteiger partial charge >= 0.3 is 0 Å². The molecule has 0 bridgehead atoms. The third kappa shape index (κ3) is 4.97. The van der Waals surface area contributed by atoms with Gasteiger partial charge in [0.25, 0.3) is 0 Å². The van der Waals surface area contributed by atoms with E-state index in [0.29, 0.717) is 24.9 Å². The van der Waals surface area contributed by atoms with Gasteiger partial charge in [0, 0.05) is 24.1 Å². The van der Waals surface area contributed by atoms with Gasteiger partial charge in [-0.1, -0.05) is 56.3 Å². The van der Waals surface area contributed by atoms with Gasteiger partial charge in [0.1, 0.15) is 11.5 Å². The summed E-state index contributed by atoms with van der Waals surface area (Å²) in [6.45, 7) is 7.21. The van der Waals surface area contributed by atoms with Crippen LogP contribution < -0.4 is 10.6 Å². The first-order chi connectivity index (χ1) is 13.0. The number of hydrogen-bond acceptors (Lipinski definition) is 5. The average Bonchev–Trinajstić information content (AvgIpc) is 3.32. The Balaban J connectivity index is 1.52. The van der Waals surface area contributed by atoms with E-state index in [1.165, 1.54) is 0 Å². The lowest BCUT2D eigenvalue weighted by Crippen LogP contribution is -2.36. The van der Waals surface area contributed by atoms with Gasteiger partial charge in [-0.2, -0.15) is 0 Å². The molecule has 0 aliphatic rings.